The van der Waals surface area contributed by atoms with Crippen LogP contribution in [-0.4, -0.2) is 24.0 Å². The molecule has 114 valence electrons. The number of nitrogens with zero attached hydrogens (tertiary/aromatic N) is 2. The lowest BCUT2D eigenvalue weighted by molar-refractivity contribution is -0.115. The van der Waals surface area contributed by atoms with Crippen LogP contribution >= 0.6 is 27.5 Å². The van der Waals surface area contributed by atoms with E-state index < -0.39 is 0 Å². The molecule has 2 heterocycles. The first-order valence-electron chi connectivity index (χ1n) is 7.06. The van der Waals surface area contributed by atoms with Crippen molar-refractivity contribution in [2.45, 2.75) is 12.8 Å². The van der Waals surface area contributed by atoms with Gasteiger partial charge in [0.25, 0.3) is 0 Å². The third-order valence-electron chi connectivity index (χ3n) is 3.59. The molecule has 22 heavy (non-hydrogen) atoms. The van der Waals surface area contributed by atoms with E-state index in [-0.39, 0.29) is 5.91 Å². The molecule has 2 aromatic rings. The normalized spacial score (nSPS) is 13.6. The molecule has 0 saturated carbocycles. The lowest BCUT2D eigenvalue weighted by Gasteiger charge is -2.30. The molecule has 0 bridgehead atoms. The molecule has 1 N–H and O–H groups in total. The number of anilines is 2. The van der Waals surface area contributed by atoms with E-state index in [1.807, 2.05) is 24.3 Å². The first kappa shape index (κ1) is 15.3. The van der Waals surface area contributed by atoms with Crippen molar-refractivity contribution in [3.63, 3.8) is 0 Å². The van der Waals surface area contributed by atoms with Crippen molar-refractivity contribution in [2.75, 3.05) is 23.3 Å². The van der Waals surface area contributed by atoms with Gasteiger partial charge < -0.3 is 10.2 Å². The first-order valence-corrected chi connectivity index (χ1v) is 8.24. The number of aromatic nitrogens is 1. The van der Waals surface area contributed by atoms with Crippen LogP contribution in [0.5, 0.6) is 0 Å². The van der Waals surface area contributed by atoms with Gasteiger partial charge >= 0.3 is 0 Å². The number of pyridine rings is 1. The molecular weight excluding hydrogens is 366 g/mol. The minimum atomic E-state index is -0.0716. The Bertz CT molecular complexity index is 690. The number of benzene rings is 1. The average Bonchev–Trinajstić information content (AvgIpc) is 2.49. The number of halogens is 2. The van der Waals surface area contributed by atoms with Gasteiger partial charge in [-0.05, 0) is 64.7 Å². The van der Waals surface area contributed by atoms with Crippen LogP contribution < -0.4 is 10.2 Å². The molecule has 0 radical (unpaired) electrons. The number of hydrogen-bond donors (Lipinski definition) is 1. The Morgan fingerprint density at radius 3 is 3.00 bits per heavy atom. The van der Waals surface area contributed by atoms with Gasteiger partial charge in [0, 0.05) is 27.9 Å². The number of amides is 1. The minimum Gasteiger partial charge on any atom is -0.362 e. The summed E-state index contributed by atoms with van der Waals surface area (Å²) in [5, 5.41) is 3.56. The molecule has 0 atom stereocenters. The molecule has 6 heteroatoms. The highest BCUT2D eigenvalue weighted by Gasteiger charge is 2.19. The fraction of sp³-hybridized carbons (Fsp3) is 0.250. The molecule has 1 amide bonds. The molecule has 0 unspecified atom stereocenters. The summed E-state index contributed by atoms with van der Waals surface area (Å²) in [6.07, 6.45) is 3.69. The van der Waals surface area contributed by atoms with Crippen LogP contribution in [0.15, 0.2) is 41.0 Å². The van der Waals surface area contributed by atoms with E-state index in [0.717, 1.165) is 34.6 Å². The predicted molar refractivity (Wildman–Crippen MR) is 92.6 cm³/mol. The zero-order valence-corrected chi connectivity index (χ0v) is 14.2. The summed E-state index contributed by atoms with van der Waals surface area (Å²) in [7, 11) is 0. The van der Waals surface area contributed by atoms with E-state index in [1.54, 1.807) is 12.3 Å². The van der Waals surface area contributed by atoms with E-state index in [9.17, 15) is 4.79 Å². The van der Waals surface area contributed by atoms with E-state index in [1.165, 1.54) is 5.56 Å². The zero-order chi connectivity index (χ0) is 15.5. The SMILES string of the molecule is O=C(CN1CCCc2cc(Cl)ccc21)Nc1ccc(Br)cn1. The minimum absolute atomic E-state index is 0.0716. The van der Waals surface area contributed by atoms with Gasteiger partial charge in [-0.25, -0.2) is 4.98 Å². The highest BCUT2D eigenvalue weighted by molar-refractivity contribution is 9.10. The summed E-state index contributed by atoms with van der Waals surface area (Å²) in [5.41, 5.74) is 2.29. The van der Waals surface area contributed by atoms with Gasteiger partial charge in [0.05, 0.1) is 6.54 Å². The van der Waals surface area contributed by atoms with Crippen molar-refractivity contribution >= 4 is 44.9 Å². The topological polar surface area (TPSA) is 45.2 Å². The number of carbonyl (C=O) groups excluding carboxylic acids is 1. The Labute approximate surface area is 142 Å². The predicted octanol–water partition coefficient (Wildman–Crippen LogP) is 3.89. The van der Waals surface area contributed by atoms with Crippen LogP contribution in [-0.2, 0) is 11.2 Å². The summed E-state index contributed by atoms with van der Waals surface area (Å²) in [6.45, 7) is 1.18. The molecular formula is C16H15BrClN3O. The van der Waals surface area contributed by atoms with Crippen LogP contribution in [0.2, 0.25) is 5.02 Å². The molecule has 1 aliphatic rings. The van der Waals surface area contributed by atoms with Crippen molar-refractivity contribution in [3.05, 3.63) is 51.6 Å². The fourth-order valence-corrected chi connectivity index (χ4v) is 3.04. The van der Waals surface area contributed by atoms with E-state index >= 15 is 0 Å². The van der Waals surface area contributed by atoms with Crippen LogP contribution in [0.4, 0.5) is 11.5 Å². The average molecular weight is 381 g/mol. The van der Waals surface area contributed by atoms with Gasteiger partial charge in [0.2, 0.25) is 5.91 Å². The van der Waals surface area contributed by atoms with Crippen LogP contribution in [0, 0.1) is 0 Å². The number of carbonyl (C=O) groups is 1. The molecule has 1 aromatic carbocycles. The van der Waals surface area contributed by atoms with Gasteiger partial charge in [-0.1, -0.05) is 11.6 Å². The largest absolute Gasteiger partial charge is 0.362 e. The maximum absolute atomic E-state index is 12.2. The quantitative estimate of drug-likeness (QED) is 0.878. The lowest BCUT2D eigenvalue weighted by atomic mass is 10.0. The monoisotopic (exact) mass is 379 g/mol. The summed E-state index contributed by atoms with van der Waals surface area (Å²) < 4.78 is 0.882. The van der Waals surface area contributed by atoms with Crippen molar-refractivity contribution in [3.8, 4) is 0 Å². The third-order valence-corrected chi connectivity index (χ3v) is 4.29. The van der Waals surface area contributed by atoms with E-state index in [2.05, 4.69) is 31.1 Å². The van der Waals surface area contributed by atoms with E-state index in [4.69, 9.17) is 11.6 Å². The second-order valence-electron chi connectivity index (χ2n) is 5.21. The van der Waals surface area contributed by atoms with Crippen LogP contribution in [0.1, 0.15) is 12.0 Å². The second-order valence-corrected chi connectivity index (χ2v) is 6.56. The Morgan fingerprint density at radius 2 is 2.23 bits per heavy atom. The highest BCUT2D eigenvalue weighted by atomic mass is 79.9. The standard InChI is InChI=1S/C16H15BrClN3O/c17-12-3-6-15(19-9-12)20-16(22)10-21-7-1-2-11-8-13(18)4-5-14(11)21/h3-6,8-9H,1-2,7,10H2,(H,19,20,22). The Hall–Kier alpha value is -1.59. The van der Waals surface area contributed by atoms with Gasteiger partial charge in [-0.3, -0.25) is 4.79 Å². The molecule has 0 spiro atoms. The number of hydrogen-bond acceptors (Lipinski definition) is 3. The summed E-state index contributed by atoms with van der Waals surface area (Å²) in [4.78, 5) is 18.5. The number of fused-ring (bicyclic) bond motifs is 1. The highest BCUT2D eigenvalue weighted by Crippen LogP contribution is 2.29. The number of rotatable bonds is 3. The Kier molecular flexibility index (Phi) is 4.64. The van der Waals surface area contributed by atoms with Crippen molar-refractivity contribution in [1.29, 1.82) is 0 Å². The van der Waals surface area contributed by atoms with Crippen LogP contribution in [0.3, 0.4) is 0 Å². The smallest absolute Gasteiger partial charge is 0.245 e. The molecule has 4 nitrogen and oxygen atoms in total. The summed E-state index contributed by atoms with van der Waals surface area (Å²) in [6, 6.07) is 9.46. The Balaban J connectivity index is 1.69. The fourth-order valence-electron chi connectivity index (χ4n) is 2.61. The number of nitrogens with one attached hydrogen (secondary N) is 1. The van der Waals surface area contributed by atoms with Gasteiger partial charge in [-0.15, -0.1) is 0 Å². The maximum atomic E-state index is 12.2. The number of aryl methyl sites for hydroxylation is 1. The maximum Gasteiger partial charge on any atom is 0.245 e. The van der Waals surface area contributed by atoms with Crippen molar-refractivity contribution in [1.82, 2.24) is 4.98 Å². The molecule has 0 fully saturated rings. The lowest BCUT2D eigenvalue weighted by Crippen LogP contribution is -2.36. The Morgan fingerprint density at radius 1 is 1.36 bits per heavy atom. The first-order chi connectivity index (χ1) is 10.6. The summed E-state index contributed by atoms with van der Waals surface area (Å²) in [5.74, 6) is 0.485. The van der Waals surface area contributed by atoms with Gasteiger partial charge in [0.1, 0.15) is 5.82 Å². The summed E-state index contributed by atoms with van der Waals surface area (Å²) >= 11 is 9.36. The molecule has 0 aliphatic carbocycles. The van der Waals surface area contributed by atoms with Crippen LogP contribution in [0.25, 0.3) is 0 Å². The molecule has 0 saturated heterocycles. The molecule has 1 aromatic heterocycles. The van der Waals surface area contributed by atoms with Crippen molar-refractivity contribution in [2.24, 2.45) is 0 Å². The van der Waals surface area contributed by atoms with E-state index in [0.29, 0.717) is 12.4 Å². The zero-order valence-electron chi connectivity index (χ0n) is 11.9. The van der Waals surface area contributed by atoms with Crippen molar-refractivity contribution < 1.29 is 4.79 Å². The second kappa shape index (κ2) is 6.67. The van der Waals surface area contributed by atoms with Gasteiger partial charge in [-0.2, -0.15) is 0 Å². The third kappa shape index (κ3) is 3.59. The van der Waals surface area contributed by atoms with Gasteiger partial charge in [0.15, 0.2) is 0 Å². The molecule has 1 aliphatic heterocycles. The molecule has 3 rings (SSSR count).